The number of aryl methyl sites for hydroxylation is 2. The van der Waals surface area contributed by atoms with Gasteiger partial charge in [0, 0.05) is 36.2 Å². The fourth-order valence-electron chi connectivity index (χ4n) is 3.98. The zero-order valence-corrected chi connectivity index (χ0v) is 19.5. The summed E-state index contributed by atoms with van der Waals surface area (Å²) in [6.07, 6.45) is 1.10. The quantitative estimate of drug-likeness (QED) is 0.610. The first-order valence-electron chi connectivity index (χ1n) is 10.5. The van der Waals surface area contributed by atoms with E-state index in [2.05, 4.69) is 10.3 Å². The van der Waals surface area contributed by atoms with Crippen LogP contribution in [0.25, 0.3) is 0 Å². The van der Waals surface area contributed by atoms with E-state index in [1.807, 2.05) is 0 Å². The van der Waals surface area contributed by atoms with E-state index in [0.29, 0.717) is 35.7 Å². The maximum absolute atomic E-state index is 13.5. The third-order valence-electron chi connectivity index (χ3n) is 5.49. The molecule has 2 heterocycles. The number of sulfonamides is 1. The van der Waals surface area contributed by atoms with Gasteiger partial charge in [-0.25, -0.2) is 13.2 Å². The average Bonchev–Trinajstić information content (AvgIpc) is 3.08. The normalized spacial score (nSPS) is 17.1. The van der Waals surface area contributed by atoms with Crippen LogP contribution in [0, 0.1) is 19.8 Å². The topological polar surface area (TPSA) is 118 Å². The van der Waals surface area contributed by atoms with E-state index < -0.39 is 21.9 Å². The summed E-state index contributed by atoms with van der Waals surface area (Å²) in [5.41, 5.74) is 1.40. The van der Waals surface area contributed by atoms with E-state index in [1.54, 1.807) is 52.1 Å². The minimum Gasteiger partial charge on any atom is -0.497 e. The number of esters is 1. The number of nitrogens with zero attached hydrogens (tertiary/aromatic N) is 1. The smallest absolute Gasteiger partial charge is 0.341 e. The number of ether oxygens (including phenoxy) is 2. The second-order valence-electron chi connectivity index (χ2n) is 7.72. The molecule has 174 valence electrons. The number of piperidine rings is 1. The lowest BCUT2D eigenvalue weighted by atomic mass is 9.98. The molecule has 1 aromatic carbocycles. The molecule has 1 fully saturated rings. The molecule has 0 aliphatic carbocycles. The van der Waals surface area contributed by atoms with Crippen LogP contribution < -0.4 is 10.1 Å². The van der Waals surface area contributed by atoms with Crippen molar-refractivity contribution < 1.29 is 27.5 Å². The number of carbonyl (C=O) groups is 2. The molecule has 32 heavy (non-hydrogen) atoms. The standard InChI is InChI=1S/C22H29N3O6S/c1-5-31-22(27)19-14(2)23-15(3)20(19)32(28,29)25-11-7-8-16(13-25)21(26)24-17-9-6-10-18(12-17)30-4/h6,9-10,12,16,23H,5,7-8,11,13H2,1-4H3,(H,24,26). The van der Waals surface area contributed by atoms with Crippen molar-refractivity contribution in [3.63, 3.8) is 0 Å². The molecular formula is C22H29N3O6S. The molecule has 9 nitrogen and oxygen atoms in total. The van der Waals surface area contributed by atoms with Crippen LogP contribution in [0.1, 0.15) is 41.5 Å². The summed E-state index contributed by atoms with van der Waals surface area (Å²) in [5, 5.41) is 2.84. The third-order valence-corrected chi connectivity index (χ3v) is 7.52. The molecule has 1 aromatic heterocycles. The minimum absolute atomic E-state index is 0.0207. The second-order valence-corrected chi connectivity index (χ2v) is 9.60. The lowest BCUT2D eigenvalue weighted by Crippen LogP contribution is -2.44. The molecule has 1 atom stereocenters. The number of methoxy groups -OCH3 is 1. The maximum Gasteiger partial charge on any atom is 0.341 e. The van der Waals surface area contributed by atoms with Gasteiger partial charge in [0.15, 0.2) is 0 Å². The van der Waals surface area contributed by atoms with Crippen LogP contribution in [-0.2, 0) is 19.6 Å². The number of amides is 1. The van der Waals surface area contributed by atoms with Crippen LogP contribution in [0.2, 0.25) is 0 Å². The Morgan fingerprint density at radius 2 is 2.00 bits per heavy atom. The molecule has 1 aliphatic heterocycles. The van der Waals surface area contributed by atoms with Gasteiger partial charge >= 0.3 is 5.97 Å². The first-order valence-corrected chi connectivity index (χ1v) is 11.9. The summed E-state index contributed by atoms with van der Waals surface area (Å²) in [6.45, 7) is 5.36. The highest BCUT2D eigenvalue weighted by Crippen LogP contribution is 2.31. The van der Waals surface area contributed by atoms with Gasteiger partial charge in [-0.3, -0.25) is 4.79 Å². The number of benzene rings is 1. The predicted molar refractivity (Wildman–Crippen MR) is 119 cm³/mol. The van der Waals surface area contributed by atoms with Crippen molar-refractivity contribution in [3.8, 4) is 5.75 Å². The number of rotatable bonds is 7. The molecule has 1 amide bonds. The lowest BCUT2D eigenvalue weighted by molar-refractivity contribution is -0.120. The molecule has 1 aliphatic rings. The molecule has 0 spiro atoms. The van der Waals surface area contributed by atoms with Crippen LogP contribution >= 0.6 is 0 Å². The monoisotopic (exact) mass is 463 g/mol. The van der Waals surface area contributed by atoms with Gasteiger partial charge in [-0.1, -0.05) is 6.07 Å². The van der Waals surface area contributed by atoms with Gasteiger partial charge in [0.1, 0.15) is 16.2 Å². The number of aromatic amines is 1. The molecule has 3 rings (SSSR count). The predicted octanol–water partition coefficient (Wildman–Crippen LogP) is 2.86. The summed E-state index contributed by atoms with van der Waals surface area (Å²) in [7, 11) is -2.47. The summed E-state index contributed by atoms with van der Waals surface area (Å²) < 4.78 is 38.6. The minimum atomic E-state index is -4.01. The Hall–Kier alpha value is -2.85. The van der Waals surface area contributed by atoms with E-state index in [4.69, 9.17) is 9.47 Å². The zero-order valence-electron chi connectivity index (χ0n) is 18.7. The summed E-state index contributed by atoms with van der Waals surface area (Å²) in [4.78, 5) is 28.2. The Morgan fingerprint density at radius 3 is 2.69 bits per heavy atom. The van der Waals surface area contributed by atoms with Gasteiger partial charge in [-0.15, -0.1) is 0 Å². The fourth-order valence-corrected chi connectivity index (χ4v) is 5.91. The Morgan fingerprint density at radius 1 is 1.25 bits per heavy atom. The van der Waals surface area contributed by atoms with Crippen LogP contribution in [0.4, 0.5) is 5.69 Å². The molecule has 0 radical (unpaired) electrons. The van der Waals surface area contributed by atoms with Crippen molar-refractivity contribution in [1.29, 1.82) is 0 Å². The Labute approximate surface area is 188 Å². The molecule has 1 saturated heterocycles. The average molecular weight is 464 g/mol. The van der Waals surface area contributed by atoms with E-state index in [9.17, 15) is 18.0 Å². The number of hydrogen-bond donors (Lipinski definition) is 2. The van der Waals surface area contributed by atoms with Crippen molar-refractivity contribution in [2.24, 2.45) is 5.92 Å². The van der Waals surface area contributed by atoms with E-state index in [-0.39, 0.29) is 36.1 Å². The molecule has 2 aromatic rings. The Balaban J connectivity index is 1.83. The summed E-state index contributed by atoms with van der Waals surface area (Å²) in [6, 6.07) is 6.98. The van der Waals surface area contributed by atoms with E-state index in [0.717, 1.165) is 0 Å². The van der Waals surface area contributed by atoms with Crippen LogP contribution in [0.5, 0.6) is 5.75 Å². The highest BCUT2D eigenvalue weighted by atomic mass is 32.2. The molecule has 2 N–H and O–H groups in total. The van der Waals surface area contributed by atoms with Gasteiger partial charge in [-0.05, 0) is 45.7 Å². The lowest BCUT2D eigenvalue weighted by Gasteiger charge is -2.31. The third kappa shape index (κ3) is 4.81. The first-order chi connectivity index (χ1) is 15.2. The SMILES string of the molecule is CCOC(=O)c1c(C)[nH]c(C)c1S(=O)(=O)N1CCCC(C(=O)Nc2cccc(OC)c2)C1. The maximum atomic E-state index is 13.5. The highest BCUT2D eigenvalue weighted by molar-refractivity contribution is 7.89. The van der Waals surface area contributed by atoms with Crippen molar-refractivity contribution in [2.45, 2.75) is 38.5 Å². The van der Waals surface area contributed by atoms with E-state index in [1.165, 1.54) is 4.31 Å². The van der Waals surface area contributed by atoms with Crippen LogP contribution in [0.3, 0.4) is 0 Å². The summed E-state index contributed by atoms with van der Waals surface area (Å²) >= 11 is 0. The molecule has 0 bridgehead atoms. The second kappa shape index (κ2) is 9.74. The van der Waals surface area contributed by atoms with Crippen molar-refractivity contribution >= 4 is 27.6 Å². The van der Waals surface area contributed by atoms with Gasteiger partial charge in [0.2, 0.25) is 15.9 Å². The largest absolute Gasteiger partial charge is 0.497 e. The molecule has 10 heteroatoms. The number of nitrogens with one attached hydrogen (secondary N) is 2. The number of hydrogen-bond acceptors (Lipinski definition) is 6. The van der Waals surface area contributed by atoms with Gasteiger partial charge < -0.3 is 19.8 Å². The van der Waals surface area contributed by atoms with Gasteiger partial charge in [0.25, 0.3) is 0 Å². The van der Waals surface area contributed by atoms with Gasteiger partial charge in [0.05, 0.1) is 19.6 Å². The zero-order chi connectivity index (χ0) is 23.5. The molecule has 0 saturated carbocycles. The number of H-pyrrole nitrogens is 1. The molecule has 1 unspecified atom stereocenters. The number of anilines is 1. The Kier molecular flexibility index (Phi) is 7.25. The van der Waals surface area contributed by atoms with Crippen molar-refractivity contribution in [3.05, 3.63) is 41.2 Å². The van der Waals surface area contributed by atoms with E-state index >= 15 is 0 Å². The van der Waals surface area contributed by atoms with Crippen LogP contribution in [0.15, 0.2) is 29.2 Å². The first kappa shape index (κ1) is 23.8. The number of carbonyl (C=O) groups excluding carboxylic acids is 2. The summed E-state index contributed by atoms with van der Waals surface area (Å²) in [5.74, 6) is -0.848. The highest BCUT2D eigenvalue weighted by Gasteiger charge is 2.38. The van der Waals surface area contributed by atoms with Gasteiger partial charge in [-0.2, -0.15) is 4.31 Å². The number of aromatic nitrogens is 1. The Bertz CT molecular complexity index is 1110. The van der Waals surface area contributed by atoms with Crippen molar-refractivity contribution in [1.82, 2.24) is 9.29 Å². The molecular weight excluding hydrogens is 434 g/mol. The van der Waals surface area contributed by atoms with Crippen molar-refractivity contribution in [2.75, 3.05) is 32.1 Å². The van der Waals surface area contributed by atoms with Crippen LogP contribution in [-0.4, -0.2) is 56.4 Å². The fraction of sp³-hybridized carbons (Fsp3) is 0.455.